The molecule has 0 atom stereocenters. The molecule has 0 radical (unpaired) electrons. The number of carboxylic acids is 1. The van der Waals surface area contributed by atoms with Crippen molar-refractivity contribution in [3.8, 4) is 0 Å². The number of carbonyl (C=O) groups is 1. The van der Waals surface area contributed by atoms with E-state index in [1.807, 2.05) is 13.0 Å². The van der Waals surface area contributed by atoms with Crippen molar-refractivity contribution in [3.63, 3.8) is 0 Å². The van der Waals surface area contributed by atoms with Gasteiger partial charge in [-0.2, -0.15) is 0 Å². The van der Waals surface area contributed by atoms with Crippen LogP contribution in [0.5, 0.6) is 0 Å². The summed E-state index contributed by atoms with van der Waals surface area (Å²) in [7, 11) is 0. The first-order valence-electron chi connectivity index (χ1n) is 4.50. The lowest BCUT2D eigenvalue weighted by molar-refractivity contribution is -0.137. The molecule has 0 aliphatic rings. The van der Waals surface area contributed by atoms with E-state index in [-0.39, 0.29) is 11.4 Å². The second-order valence-corrected chi connectivity index (χ2v) is 4.84. The summed E-state index contributed by atoms with van der Waals surface area (Å²) in [6.45, 7) is 1.51. The molecule has 6 heteroatoms. The molecule has 0 amide bonds. The minimum atomic E-state index is -1.06. The van der Waals surface area contributed by atoms with Crippen LogP contribution in [0, 0.1) is 6.92 Å². The van der Waals surface area contributed by atoms with Gasteiger partial charge in [0, 0.05) is 0 Å². The van der Waals surface area contributed by atoms with Crippen LogP contribution in [0.3, 0.4) is 0 Å². The highest BCUT2D eigenvalue weighted by Gasteiger charge is 2.13. The molecule has 0 aliphatic heterocycles. The highest BCUT2D eigenvalue weighted by Crippen LogP contribution is 2.27. The number of rotatable bonds is 2. The molecule has 84 valence electrons. The summed E-state index contributed by atoms with van der Waals surface area (Å²) >= 11 is 7.03. The molecule has 0 unspecified atom stereocenters. The molecule has 4 nitrogen and oxygen atoms in total. The van der Waals surface area contributed by atoms with Crippen LogP contribution in [-0.2, 0) is 11.3 Å². The number of benzene rings is 1. The van der Waals surface area contributed by atoms with E-state index in [9.17, 15) is 9.59 Å². The Morgan fingerprint density at radius 3 is 2.88 bits per heavy atom. The molecule has 1 aromatic carbocycles. The summed E-state index contributed by atoms with van der Waals surface area (Å²) in [6.07, 6.45) is 0. The van der Waals surface area contributed by atoms with Crippen LogP contribution < -0.4 is 4.87 Å². The molecule has 1 N–H and O–H groups in total. The Hall–Kier alpha value is -1.33. The van der Waals surface area contributed by atoms with Crippen LogP contribution in [0.1, 0.15) is 5.56 Å². The number of carboxylic acid groups (broad SMARTS) is 1. The van der Waals surface area contributed by atoms with Crippen molar-refractivity contribution < 1.29 is 9.90 Å². The lowest BCUT2D eigenvalue weighted by Gasteiger charge is -2.02. The molecule has 2 aromatic rings. The standard InChI is InChI=1S/C10H8ClNO3S/c1-5-2-6(11)9-7(3-5)16-10(15)12(9)4-8(13)14/h2-3H,4H2,1H3,(H,13,14). The summed E-state index contributed by atoms with van der Waals surface area (Å²) in [6, 6.07) is 3.54. The number of aromatic nitrogens is 1. The minimum Gasteiger partial charge on any atom is -0.480 e. The maximum absolute atomic E-state index is 11.6. The number of thiazole rings is 1. The number of hydrogen-bond donors (Lipinski definition) is 1. The smallest absolute Gasteiger partial charge is 0.323 e. The summed E-state index contributed by atoms with van der Waals surface area (Å²) in [5.41, 5.74) is 1.45. The van der Waals surface area contributed by atoms with Gasteiger partial charge in [-0.05, 0) is 24.6 Å². The van der Waals surface area contributed by atoms with Crippen molar-refractivity contribution in [2.45, 2.75) is 13.5 Å². The largest absolute Gasteiger partial charge is 0.480 e. The fraction of sp³-hybridized carbons (Fsp3) is 0.200. The zero-order valence-corrected chi connectivity index (χ0v) is 9.93. The third-order valence-electron chi connectivity index (χ3n) is 2.15. The van der Waals surface area contributed by atoms with Crippen LogP contribution in [0.25, 0.3) is 10.2 Å². The molecule has 0 bridgehead atoms. The number of halogens is 1. The summed E-state index contributed by atoms with van der Waals surface area (Å²) in [5.74, 6) is -1.06. The molecule has 16 heavy (non-hydrogen) atoms. The molecule has 1 heterocycles. The SMILES string of the molecule is Cc1cc(Cl)c2c(c1)sc(=O)n2CC(=O)O. The summed E-state index contributed by atoms with van der Waals surface area (Å²) in [5, 5.41) is 9.13. The zero-order valence-electron chi connectivity index (χ0n) is 8.36. The summed E-state index contributed by atoms with van der Waals surface area (Å²) in [4.78, 5) is 21.9. The molecule has 2 rings (SSSR count). The second kappa shape index (κ2) is 3.92. The monoisotopic (exact) mass is 257 g/mol. The molecular formula is C10H8ClNO3S. The quantitative estimate of drug-likeness (QED) is 0.896. The Kier molecular flexibility index (Phi) is 2.73. The van der Waals surface area contributed by atoms with Crippen molar-refractivity contribution in [2.75, 3.05) is 0 Å². The lowest BCUT2D eigenvalue weighted by Crippen LogP contribution is -2.18. The van der Waals surface area contributed by atoms with E-state index in [4.69, 9.17) is 16.7 Å². The van der Waals surface area contributed by atoms with Gasteiger partial charge < -0.3 is 5.11 Å². The number of hydrogen-bond acceptors (Lipinski definition) is 3. The minimum absolute atomic E-state index is 0.301. The Morgan fingerprint density at radius 1 is 1.56 bits per heavy atom. The third kappa shape index (κ3) is 1.83. The zero-order chi connectivity index (χ0) is 11.9. The normalized spacial score (nSPS) is 10.9. The molecule has 0 saturated carbocycles. The summed E-state index contributed by atoms with van der Waals surface area (Å²) < 4.78 is 1.90. The predicted molar refractivity (Wildman–Crippen MR) is 63.5 cm³/mol. The second-order valence-electron chi connectivity index (χ2n) is 3.44. The van der Waals surface area contributed by atoms with Gasteiger partial charge in [-0.25, -0.2) is 0 Å². The van der Waals surface area contributed by atoms with Gasteiger partial charge in [0.15, 0.2) is 0 Å². The van der Waals surface area contributed by atoms with Gasteiger partial charge in [-0.1, -0.05) is 22.9 Å². The number of aliphatic carboxylic acids is 1. The average Bonchev–Trinajstić information content (AvgIpc) is 2.41. The topological polar surface area (TPSA) is 59.3 Å². The maximum atomic E-state index is 11.6. The third-order valence-corrected chi connectivity index (χ3v) is 3.37. The van der Waals surface area contributed by atoms with Gasteiger partial charge in [-0.15, -0.1) is 0 Å². The van der Waals surface area contributed by atoms with Crippen LogP contribution in [0.4, 0.5) is 0 Å². The Labute approximate surface area is 99.7 Å². The van der Waals surface area contributed by atoms with E-state index in [0.29, 0.717) is 10.5 Å². The fourth-order valence-corrected chi connectivity index (χ4v) is 3.01. The Balaban J connectivity index is 2.78. The number of aryl methyl sites for hydroxylation is 1. The first kappa shape index (κ1) is 11.2. The van der Waals surface area contributed by atoms with Gasteiger partial charge in [-0.3, -0.25) is 14.2 Å². The van der Waals surface area contributed by atoms with Gasteiger partial charge in [0.05, 0.1) is 15.2 Å². The van der Waals surface area contributed by atoms with Crippen molar-refractivity contribution in [3.05, 3.63) is 32.4 Å². The fourth-order valence-electron chi connectivity index (χ4n) is 1.56. The van der Waals surface area contributed by atoms with E-state index < -0.39 is 5.97 Å². The highest BCUT2D eigenvalue weighted by molar-refractivity contribution is 7.16. The van der Waals surface area contributed by atoms with Gasteiger partial charge in [0.1, 0.15) is 6.54 Å². The van der Waals surface area contributed by atoms with Gasteiger partial charge in [0.25, 0.3) is 0 Å². The molecular weight excluding hydrogens is 250 g/mol. The first-order chi connectivity index (χ1) is 7.49. The van der Waals surface area contributed by atoms with Crippen molar-refractivity contribution in [1.82, 2.24) is 4.57 Å². The molecule has 0 aliphatic carbocycles. The molecule has 0 spiro atoms. The van der Waals surface area contributed by atoms with Gasteiger partial charge in [0.2, 0.25) is 0 Å². The van der Waals surface area contributed by atoms with Crippen molar-refractivity contribution in [2.24, 2.45) is 0 Å². The molecule has 1 aromatic heterocycles. The van der Waals surface area contributed by atoms with Gasteiger partial charge >= 0.3 is 10.8 Å². The number of nitrogens with zero attached hydrogens (tertiary/aromatic N) is 1. The van der Waals surface area contributed by atoms with Crippen LogP contribution in [0.2, 0.25) is 5.02 Å². The van der Waals surface area contributed by atoms with E-state index >= 15 is 0 Å². The number of fused-ring (bicyclic) bond motifs is 1. The maximum Gasteiger partial charge on any atom is 0.323 e. The Bertz CT molecular complexity index is 629. The Morgan fingerprint density at radius 2 is 2.25 bits per heavy atom. The highest BCUT2D eigenvalue weighted by atomic mass is 35.5. The van der Waals surface area contributed by atoms with Crippen LogP contribution in [0.15, 0.2) is 16.9 Å². The lowest BCUT2D eigenvalue weighted by atomic mass is 10.2. The van der Waals surface area contributed by atoms with E-state index in [0.717, 1.165) is 21.6 Å². The molecule has 0 saturated heterocycles. The van der Waals surface area contributed by atoms with Crippen molar-refractivity contribution >= 4 is 39.1 Å². The van der Waals surface area contributed by atoms with E-state index in [2.05, 4.69) is 0 Å². The van der Waals surface area contributed by atoms with Crippen LogP contribution >= 0.6 is 22.9 Å². The van der Waals surface area contributed by atoms with Crippen LogP contribution in [-0.4, -0.2) is 15.6 Å². The van der Waals surface area contributed by atoms with E-state index in [1.165, 1.54) is 4.57 Å². The van der Waals surface area contributed by atoms with Crippen molar-refractivity contribution in [1.29, 1.82) is 0 Å². The average molecular weight is 258 g/mol. The predicted octanol–water partition coefficient (Wildman–Crippen LogP) is 2.11. The molecule has 0 fully saturated rings. The van der Waals surface area contributed by atoms with E-state index in [1.54, 1.807) is 6.07 Å². The first-order valence-corrected chi connectivity index (χ1v) is 5.70.